The van der Waals surface area contributed by atoms with Crippen LogP contribution >= 0.6 is 23.2 Å². The van der Waals surface area contributed by atoms with Crippen molar-refractivity contribution in [3.05, 3.63) is 40.5 Å². The summed E-state index contributed by atoms with van der Waals surface area (Å²) in [6, 6.07) is 5.76. The summed E-state index contributed by atoms with van der Waals surface area (Å²) in [7, 11) is 0. The Bertz CT molecular complexity index is 1150. The lowest BCUT2D eigenvalue weighted by Gasteiger charge is -2.42. The summed E-state index contributed by atoms with van der Waals surface area (Å²) in [5, 5.41) is 3.62. The molecule has 10 nitrogen and oxygen atoms in total. The molecule has 0 radical (unpaired) electrons. The van der Waals surface area contributed by atoms with Crippen molar-refractivity contribution >= 4 is 59.0 Å². The largest absolute Gasteiger partial charge is 0.379 e. The Morgan fingerprint density at radius 3 is 2.45 bits per heavy atom. The van der Waals surface area contributed by atoms with Crippen LogP contribution in [0.1, 0.15) is 26.7 Å². The lowest BCUT2D eigenvalue weighted by molar-refractivity contribution is -0.136. The van der Waals surface area contributed by atoms with E-state index in [2.05, 4.69) is 32.0 Å². The Balaban J connectivity index is 0.000000398. The number of morpholine rings is 1. The number of carbonyl (C=O) groups is 3. The quantitative estimate of drug-likeness (QED) is 0.511. The number of rotatable bonds is 6. The van der Waals surface area contributed by atoms with E-state index in [9.17, 15) is 14.4 Å². The number of aliphatic imine (C=N–C) groups is 2. The highest BCUT2D eigenvalue weighted by atomic mass is 35.5. The highest BCUT2D eigenvalue weighted by molar-refractivity contribution is 6.35. The van der Waals surface area contributed by atoms with Crippen molar-refractivity contribution in [1.82, 2.24) is 15.1 Å². The van der Waals surface area contributed by atoms with E-state index >= 15 is 0 Å². The van der Waals surface area contributed by atoms with Gasteiger partial charge in [0, 0.05) is 79.4 Å². The molecule has 4 aliphatic rings. The molecule has 216 valence electrons. The number of benzene rings is 1. The van der Waals surface area contributed by atoms with Gasteiger partial charge in [-0.2, -0.15) is 0 Å². The topological polar surface area (TPSA) is 107 Å². The molecule has 0 bridgehead atoms. The van der Waals surface area contributed by atoms with Crippen molar-refractivity contribution in [3.8, 4) is 0 Å². The predicted molar refractivity (Wildman–Crippen MR) is 158 cm³/mol. The molecule has 0 spiro atoms. The van der Waals surface area contributed by atoms with Crippen LogP contribution in [0.5, 0.6) is 0 Å². The van der Waals surface area contributed by atoms with E-state index in [1.807, 2.05) is 30.2 Å². The number of anilines is 1. The maximum atomic E-state index is 13.4. The van der Waals surface area contributed by atoms with Crippen LogP contribution < -0.4 is 10.2 Å². The number of halogens is 2. The molecule has 40 heavy (non-hydrogen) atoms. The van der Waals surface area contributed by atoms with Gasteiger partial charge in [0.15, 0.2) is 5.78 Å². The molecule has 0 aromatic heterocycles. The highest BCUT2D eigenvalue weighted by Gasteiger charge is 2.38. The number of piperazine rings is 1. The van der Waals surface area contributed by atoms with Crippen molar-refractivity contribution in [2.75, 3.05) is 57.4 Å². The molecule has 3 atom stereocenters. The molecule has 1 N–H and O–H groups in total. The molecular formula is C28H36Cl2N6O4. The zero-order valence-corrected chi connectivity index (χ0v) is 24.4. The first kappa shape index (κ1) is 30.2. The van der Waals surface area contributed by atoms with Gasteiger partial charge in [0.1, 0.15) is 11.9 Å². The number of nitrogens with zero attached hydrogens (tertiary/aromatic N) is 5. The summed E-state index contributed by atoms with van der Waals surface area (Å²) in [6.07, 6.45) is 6.89. The Kier molecular flexibility index (Phi) is 10.3. The fourth-order valence-electron chi connectivity index (χ4n) is 5.42. The van der Waals surface area contributed by atoms with Crippen LogP contribution in [0.25, 0.3) is 0 Å². The summed E-state index contributed by atoms with van der Waals surface area (Å²) in [6.45, 7) is 10.3. The maximum absolute atomic E-state index is 13.4. The summed E-state index contributed by atoms with van der Waals surface area (Å²) in [5.74, 6) is -0.319. The minimum Gasteiger partial charge on any atom is -0.379 e. The first-order chi connectivity index (χ1) is 19.1. The second-order valence-electron chi connectivity index (χ2n) is 10.6. The normalized spacial score (nSPS) is 25.4. The van der Waals surface area contributed by atoms with Gasteiger partial charge < -0.3 is 19.9 Å². The molecule has 2 fully saturated rings. The van der Waals surface area contributed by atoms with Crippen LogP contribution in [0, 0.1) is 5.92 Å². The first-order valence-electron chi connectivity index (χ1n) is 13.5. The fraction of sp³-hybridized carbons (Fsp3) is 0.536. The number of allylic oxidation sites excluding steroid dienone is 1. The van der Waals surface area contributed by atoms with E-state index < -0.39 is 5.54 Å². The van der Waals surface area contributed by atoms with Crippen LogP contribution in [-0.2, 0) is 19.1 Å². The van der Waals surface area contributed by atoms with Gasteiger partial charge in [-0.1, -0.05) is 30.1 Å². The molecule has 2 saturated heterocycles. The van der Waals surface area contributed by atoms with Gasteiger partial charge in [0.25, 0.3) is 0 Å². The lowest BCUT2D eigenvalue weighted by Crippen LogP contribution is -2.55. The molecule has 2 unspecified atom stereocenters. The second-order valence-corrected chi connectivity index (χ2v) is 11.5. The summed E-state index contributed by atoms with van der Waals surface area (Å²) < 4.78 is 5.47. The molecule has 12 heteroatoms. The second kappa shape index (κ2) is 13.7. The summed E-state index contributed by atoms with van der Waals surface area (Å²) in [4.78, 5) is 49.5. The maximum Gasteiger partial charge on any atom is 0.231 e. The predicted octanol–water partition coefficient (Wildman–Crippen LogP) is 2.83. The molecule has 0 saturated carbocycles. The standard InChI is InChI=1S/C23H31Cl2N5O2.C5H5NO2/c1-17(12-23(14-26-16-27-23)15-28-5-7-32-8-6-28)22(31)29-3-4-30(18(2)13-29)21-10-19(24)9-20(25)11-21;7-4-1-2-6-5(8)3-4/h9-11,14,16-18H,3-8,12-13,15H2,1-2H3;1-2H,3H2,(H,6,8)/t17?,18-,23?;/m0./s1. The summed E-state index contributed by atoms with van der Waals surface area (Å²) in [5.41, 5.74) is 0.563. The third-order valence-electron chi connectivity index (χ3n) is 7.35. The smallest absolute Gasteiger partial charge is 0.231 e. The number of amides is 2. The van der Waals surface area contributed by atoms with Gasteiger partial charge in [0.2, 0.25) is 11.8 Å². The SMILES string of the molecule is CC(CC1(CN2CCOCC2)C=NC=N1)C(=O)N1CCN(c2cc(Cl)cc(Cl)c2)[C@@H](C)C1.O=C1C=CNC(=O)C1. The molecular weight excluding hydrogens is 555 g/mol. The zero-order valence-electron chi connectivity index (χ0n) is 22.9. The molecule has 4 heterocycles. The van der Waals surface area contributed by atoms with Gasteiger partial charge >= 0.3 is 0 Å². The number of ketones is 1. The van der Waals surface area contributed by atoms with Gasteiger partial charge in [-0.15, -0.1) is 0 Å². The number of hydrogen-bond acceptors (Lipinski definition) is 8. The minimum absolute atomic E-state index is 0.00347. The van der Waals surface area contributed by atoms with Gasteiger partial charge in [-0.25, -0.2) is 4.99 Å². The number of carbonyl (C=O) groups excluding carboxylic acids is 3. The molecule has 1 aromatic carbocycles. The molecule has 0 aliphatic carbocycles. The van der Waals surface area contributed by atoms with Crippen molar-refractivity contribution in [3.63, 3.8) is 0 Å². The third-order valence-corrected chi connectivity index (χ3v) is 7.78. The number of hydrogen-bond donors (Lipinski definition) is 1. The highest BCUT2D eigenvalue weighted by Crippen LogP contribution is 2.30. The van der Waals surface area contributed by atoms with Gasteiger partial charge in [-0.3, -0.25) is 24.3 Å². The fourth-order valence-corrected chi connectivity index (χ4v) is 5.94. The van der Waals surface area contributed by atoms with E-state index in [0.29, 0.717) is 29.6 Å². The van der Waals surface area contributed by atoms with Crippen molar-refractivity contribution in [1.29, 1.82) is 0 Å². The Morgan fingerprint density at radius 2 is 1.88 bits per heavy atom. The minimum atomic E-state index is -0.433. The summed E-state index contributed by atoms with van der Waals surface area (Å²) >= 11 is 12.4. The van der Waals surface area contributed by atoms with E-state index in [-0.39, 0.29) is 36.0 Å². The average molecular weight is 592 g/mol. The van der Waals surface area contributed by atoms with E-state index in [4.69, 9.17) is 27.9 Å². The van der Waals surface area contributed by atoms with Crippen LogP contribution in [0.2, 0.25) is 10.0 Å². The van der Waals surface area contributed by atoms with Gasteiger partial charge in [-0.05, 0) is 37.6 Å². The Morgan fingerprint density at radius 1 is 1.15 bits per heavy atom. The van der Waals surface area contributed by atoms with Crippen molar-refractivity contribution in [2.45, 2.75) is 38.3 Å². The molecule has 5 rings (SSSR count). The van der Waals surface area contributed by atoms with Crippen molar-refractivity contribution in [2.24, 2.45) is 15.9 Å². The Hall–Kier alpha value is -2.79. The molecule has 4 aliphatic heterocycles. The number of ether oxygens (including phenoxy) is 1. The van der Waals surface area contributed by atoms with E-state index in [0.717, 1.165) is 45.1 Å². The lowest BCUT2D eigenvalue weighted by atomic mass is 9.88. The van der Waals surface area contributed by atoms with Crippen LogP contribution in [0.3, 0.4) is 0 Å². The zero-order chi connectivity index (χ0) is 28.7. The van der Waals surface area contributed by atoms with Crippen LogP contribution in [-0.4, -0.2) is 104 Å². The molecule has 1 aromatic rings. The number of nitrogens with one attached hydrogen (secondary N) is 1. The van der Waals surface area contributed by atoms with E-state index in [1.54, 1.807) is 12.4 Å². The van der Waals surface area contributed by atoms with E-state index in [1.165, 1.54) is 12.3 Å². The third kappa shape index (κ3) is 8.13. The van der Waals surface area contributed by atoms with Crippen molar-refractivity contribution < 1.29 is 19.1 Å². The van der Waals surface area contributed by atoms with Crippen LogP contribution in [0.4, 0.5) is 5.69 Å². The molecule has 2 amide bonds. The van der Waals surface area contributed by atoms with Gasteiger partial charge in [0.05, 0.1) is 19.6 Å². The monoisotopic (exact) mass is 590 g/mol. The first-order valence-corrected chi connectivity index (χ1v) is 14.3. The Labute approximate surface area is 245 Å². The average Bonchev–Trinajstić information content (AvgIpc) is 3.36. The van der Waals surface area contributed by atoms with Crippen LogP contribution in [0.15, 0.2) is 40.5 Å².